The zero-order chi connectivity index (χ0) is 24.9. The van der Waals surface area contributed by atoms with E-state index in [9.17, 15) is 14.7 Å². The summed E-state index contributed by atoms with van der Waals surface area (Å²) in [7, 11) is 0. The van der Waals surface area contributed by atoms with Crippen LogP contribution in [0.15, 0.2) is 18.2 Å². The van der Waals surface area contributed by atoms with Gasteiger partial charge in [0, 0.05) is 49.4 Å². The number of benzene rings is 1. The normalized spacial score (nSPS) is 28.6. The SMILES string of the molecule is O=C(C[C@@H]1C[C@H]2c3cc(NC(=O)C4CCOCC4)ccc3O[C@H]2[C@H](CO)O1)NCCN1CCCCC1. The summed E-state index contributed by atoms with van der Waals surface area (Å²) in [5, 5.41) is 16.1. The van der Waals surface area contributed by atoms with Crippen molar-refractivity contribution in [3.63, 3.8) is 0 Å². The lowest BCUT2D eigenvalue weighted by Crippen LogP contribution is -2.47. The number of likely N-dealkylation sites (tertiary alicyclic amines) is 1. The first kappa shape index (κ1) is 25.4. The van der Waals surface area contributed by atoms with E-state index in [-0.39, 0.29) is 48.9 Å². The lowest BCUT2D eigenvalue weighted by atomic mass is 9.84. The van der Waals surface area contributed by atoms with Crippen molar-refractivity contribution in [2.24, 2.45) is 5.92 Å². The minimum atomic E-state index is -0.498. The van der Waals surface area contributed by atoms with E-state index >= 15 is 0 Å². The summed E-state index contributed by atoms with van der Waals surface area (Å²) in [6, 6.07) is 5.71. The number of rotatable bonds is 8. The first-order chi connectivity index (χ1) is 17.6. The predicted molar refractivity (Wildman–Crippen MR) is 134 cm³/mol. The third-order valence-corrected chi connectivity index (χ3v) is 7.97. The fourth-order valence-corrected chi connectivity index (χ4v) is 5.99. The molecule has 0 spiro atoms. The van der Waals surface area contributed by atoms with E-state index in [1.807, 2.05) is 18.2 Å². The van der Waals surface area contributed by atoms with Crippen molar-refractivity contribution in [2.75, 3.05) is 51.3 Å². The Morgan fingerprint density at radius 1 is 1.11 bits per heavy atom. The quantitative estimate of drug-likeness (QED) is 0.500. The van der Waals surface area contributed by atoms with E-state index in [2.05, 4.69) is 15.5 Å². The number of hydrogen-bond acceptors (Lipinski definition) is 7. The highest BCUT2D eigenvalue weighted by molar-refractivity contribution is 5.92. The summed E-state index contributed by atoms with van der Waals surface area (Å²) in [6.07, 6.45) is 5.04. The van der Waals surface area contributed by atoms with Gasteiger partial charge in [0.2, 0.25) is 11.8 Å². The van der Waals surface area contributed by atoms with Crippen molar-refractivity contribution in [3.8, 4) is 5.75 Å². The summed E-state index contributed by atoms with van der Waals surface area (Å²) in [5.74, 6) is 0.715. The number of nitrogens with one attached hydrogen (secondary N) is 2. The van der Waals surface area contributed by atoms with Crippen LogP contribution in [0.25, 0.3) is 0 Å². The molecule has 3 saturated heterocycles. The number of fused-ring (bicyclic) bond motifs is 3. The van der Waals surface area contributed by atoms with Gasteiger partial charge in [0.05, 0.1) is 19.1 Å². The van der Waals surface area contributed by atoms with Crippen LogP contribution in [0.3, 0.4) is 0 Å². The summed E-state index contributed by atoms with van der Waals surface area (Å²) < 4.78 is 17.6. The molecular formula is C27H39N3O6. The Balaban J connectivity index is 1.18. The monoisotopic (exact) mass is 501 g/mol. The number of carbonyl (C=O) groups excluding carboxylic acids is 2. The molecule has 198 valence electrons. The fraction of sp³-hybridized carbons (Fsp3) is 0.704. The minimum absolute atomic E-state index is 0.00279. The van der Waals surface area contributed by atoms with E-state index in [4.69, 9.17) is 14.2 Å². The van der Waals surface area contributed by atoms with Gasteiger partial charge in [-0.15, -0.1) is 0 Å². The lowest BCUT2D eigenvalue weighted by Gasteiger charge is -2.37. The molecule has 4 atom stereocenters. The number of aliphatic hydroxyl groups excluding tert-OH is 1. The van der Waals surface area contributed by atoms with Crippen LogP contribution in [-0.2, 0) is 19.1 Å². The van der Waals surface area contributed by atoms with Gasteiger partial charge in [-0.05, 0) is 63.4 Å². The highest BCUT2D eigenvalue weighted by Crippen LogP contribution is 2.47. The molecule has 4 aliphatic rings. The summed E-state index contributed by atoms with van der Waals surface area (Å²) in [5.41, 5.74) is 1.75. The Morgan fingerprint density at radius 2 is 1.92 bits per heavy atom. The van der Waals surface area contributed by atoms with Gasteiger partial charge in [-0.3, -0.25) is 9.59 Å². The van der Waals surface area contributed by atoms with Crippen molar-refractivity contribution in [2.45, 2.75) is 69.2 Å². The minimum Gasteiger partial charge on any atom is -0.487 e. The molecule has 1 aromatic rings. The molecule has 2 amide bonds. The lowest BCUT2D eigenvalue weighted by molar-refractivity contribution is -0.142. The predicted octanol–water partition coefficient (Wildman–Crippen LogP) is 2.04. The number of hydrogen-bond donors (Lipinski definition) is 3. The largest absolute Gasteiger partial charge is 0.487 e. The van der Waals surface area contributed by atoms with Crippen LogP contribution in [-0.4, -0.2) is 86.1 Å². The van der Waals surface area contributed by atoms with Crippen LogP contribution in [0, 0.1) is 5.92 Å². The van der Waals surface area contributed by atoms with Crippen molar-refractivity contribution in [1.82, 2.24) is 10.2 Å². The van der Waals surface area contributed by atoms with Gasteiger partial charge in [-0.2, -0.15) is 0 Å². The molecule has 5 rings (SSSR count). The number of ether oxygens (including phenoxy) is 3. The topological polar surface area (TPSA) is 109 Å². The van der Waals surface area contributed by atoms with Gasteiger partial charge in [-0.1, -0.05) is 6.42 Å². The molecule has 4 heterocycles. The van der Waals surface area contributed by atoms with Gasteiger partial charge in [0.25, 0.3) is 0 Å². The number of carbonyl (C=O) groups is 2. The van der Waals surface area contributed by atoms with Crippen LogP contribution in [0.1, 0.15) is 56.4 Å². The van der Waals surface area contributed by atoms with E-state index in [1.165, 1.54) is 19.3 Å². The molecule has 9 nitrogen and oxygen atoms in total. The molecule has 3 fully saturated rings. The van der Waals surface area contributed by atoms with Crippen molar-refractivity contribution in [1.29, 1.82) is 0 Å². The summed E-state index contributed by atoms with van der Waals surface area (Å²) >= 11 is 0. The molecule has 9 heteroatoms. The van der Waals surface area contributed by atoms with Crippen LogP contribution < -0.4 is 15.4 Å². The zero-order valence-corrected chi connectivity index (χ0v) is 21.0. The number of nitrogens with zero attached hydrogens (tertiary/aromatic N) is 1. The zero-order valence-electron chi connectivity index (χ0n) is 21.0. The Hall–Kier alpha value is -2.20. The Labute approximate surface area is 212 Å². The van der Waals surface area contributed by atoms with E-state index < -0.39 is 6.10 Å². The third-order valence-electron chi connectivity index (χ3n) is 7.97. The molecule has 0 aliphatic carbocycles. The molecular weight excluding hydrogens is 462 g/mol. The number of piperidine rings is 1. The van der Waals surface area contributed by atoms with Crippen molar-refractivity contribution >= 4 is 17.5 Å². The van der Waals surface area contributed by atoms with Gasteiger partial charge < -0.3 is 34.9 Å². The maximum atomic E-state index is 12.7. The van der Waals surface area contributed by atoms with Crippen LogP contribution >= 0.6 is 0 Å². The van der Waals surface area contributed by atoms with Gasteiger partial charge in [-0.25, -0.2) is 0 Å². The number of amides is 2. The molecule has 0 bridgehead atoms. The molecule has 0 unspecified atom stereocenters. The standard InChI is InChI=1S/C27H39N3O6/c31-17-24-26-22(15-20(35-24)16-25(32)28-8-11-30-9-2-1-3-10-30)21-14-19(4-5-23(21)36-26)29-27(33)18-6-12-34-13-7-18/h4-5,14,18,20,22,24,26,31H,1-3,6-13,15-17H2,(H,28,32)(H,29,33)/t20-,22-,24-,26+/m0/s1. The smallest absolute Gasteiger partial charge is 0.227 e. The molecule has 36 heavy (non-hydrogen) atoms. The van der Waals surface area contributed by atoms with Crippen LogP contribution in [0.2, 0.25) is 0 Å². The average Bonchev–Trinajstić information content (AvgIpc) is 3.27. The van der Waals surface area contributed by atoms with Gasteiger partial charge >= 0.3 is 0 Å². The van der Waals surface area contributed by atoms with Crippen LogP contribution in [0.4, 0.5) is 5.69 Å². The average molecular weight is 502 g/mol. The Kier molecular flexibility index (Phi) is 8.41. The van der Waals surface area contributed by atoms with Crippen molar-refractivity contribution in [3.05, 3.63) is 23.8 Å². The summed E-state index contributed by atoms with van der Waals surface area (Å²) in [6.45, 7) is 4.81. The Bertz CT molecular complexity index is 915. The van der Waals surface area contributed by atoms with Gasteiger partial charge in [0.15, 0.2) is 0 Å². The molecule has 0 aromatic heterocycles. The molecule has 1 aromatic carbocycles. The first-order valence-corrected chi connectivity index (χ1v) is 13.6. The van der Waals surface area contributed by atoms with E-state index in [0.717, 1.165) is 49.5 Å². The Morgan fingerprint density at radius 3 is 2.69 bits per heavy atom. The highest BCUT2D eigenvalue weighted by Gasteiger charge is 2.46. The molecule has 4 aliphatic heterocycles. The maximum Gasteiger partial charge on any atom is 0.227 e. The maximum absolute atomic E-state index is 12.7. The number of anilines is 1. The second-order valence-corrected chi connectivity index (χ2v) is 10.5. The third kappa shape index (κ3) is 6.02. The van der Waals surface area contributed by atoms with E-state index in [0.29, 0.717) is 26.2 Å². The second-order valence-electron chi connectivity index (χ2n) is 10.5. The van der Waals surface area contributed by atoms with Crippen molar-refractivity contribution < 1.29 is 28.9 Å². The number of aliphatic hydroxyl groups is 1. The fourth-order valence-electron chi connectivity index (χ4n) is 5.99. The van der Waals surface area contributed by atoms with Gasteiger partial charge in [0.1, 0.15) is 18.0 Å². The molecule has 3 N–H and O–H groups in total. The molecule has 0 saturated carbocycles. The second kappa shape index (κ2) is 11.9. The highest BCUT2D eigenvalue weighted by atomic mass is 16.6. The molecule has 0 radical (unpaired) electrons. The van der Waals surface area contributed by atoms with E-state index in [1.54, 1.807) is 0 Å². The van der Waals surface area contributed by atoms with Crippen LogP contribution in [0.5, 0.6) is 5.75 Å². The summed E-state index contributed by atoms with van der Waals surface area (Å²) in [4.78, 5) is 27.8. The first-order valence-electron chi connectivity index (χ1n) is 13.6.